The lowest BCUT2D eigenvalue weighted by atomic mass is 10.1. The van der Waals surface area contributed by atoms with Crippen LogP contribution in [0.5, 0.6) is 0 Å². The van der Waals surface area contributed by atoms with Crippen LogP contribution in [-0.2, 0) is 11.8 Å². The molecule has 0 fully saturated rings. The van der Waals surface area contributed by atoms with E-state index in [0.29, 0.717) is 5.56 Å². The van der Waals surface area contributed by atoms with Gasteiger partial charge in [0, 0.05) is 30.9 Å². The zero-order valence-electron chi connectivity index (χ0n) is 12.9. The van der Waals surface area contributed by atoms with Crippen molar-refractivity contribution in [3.05, 3.63) is 53.6 Å². The van der Waals surface area contributed by atoms with Gasteiger partial charge in [0.25, 0.3) is 0 Å². The first kappa shape index (κ1) is 19.1. The summed E-state index contributed by atoms with van der Waals surface area (Å²) in [7, 11) is 3.42. The molecule has 0 saturated heterocycles. The normalized spacial score (nSPS) is 13.0. The van der Waals surface area contributed by atoms with Crippen molar-refractivity contribution in [1.82, 2.24) is 20.4 Å². The van der Waals surface area contributed by atoms with Crippen molar-refractivity contribution in [2.75, 3.05) is 13.6 Å². The molecule has 0 spiro atoms. The van der Waals surface area contributed by atoms with Crippen LogP contribution < -0.4 is 10.6 Å². The number of carbonyl (C=O) groups is 1. The first-order chi connectivity index (χ1) is 10.5. The quantitative estimate of drug-likeness (QED) is 0.734. The van der Waals surface area contributed by atoms with Crippen LogP contribution in [0.4, 0.5) is 4.39 Å². The van der Waals surface area contributed by atoms with Crippen LogP contribution in [0.25, 0.3) is 0 Å². The number of likely N-dealkylation sites (N-methyl/N-ethyl adjacent to an activating group) is 1. The molecule has 6 nitrogen and oxygen atoms in total. The highest BCUT2D eigenvalue weighted by atomic mass is 35.5. The van der Waals surface area contributed by atoms with E-state index in [1.807, 2.05) is 0 Å². The smallest absolute Gasteiger partial charge is 0.241 e. The summed E-state index contributed by atoms with van der Waals surface area (Å²) in [6.07, 6.45) is 2.22. The second kappa shape index (κ2) is 8.61. The molecule has 3 N–H and O–H groups in total. The number of nitrogens with zero attached hydrogens (tertiary/aromatic N) is 2. The molecule has 2 atom stereocenters. The number of aliphatic hydroxyl groups is 1. The first-order valence-corrected chi connectivity index (χ1v) is 6.89. The Morgan fingerprint density at radius 3 is 2.70 bits per heavy atom. The average molecular weight is 343 g/mol. The Labute approximate surface area is 140 Å². The largest absolute Gasteiger partial charge is 0.386 e. The van der Waals surface area contributed by atoms with Gasteiger partial charge >= 0.3 is 0 Å². The van der Waals surface area contributed by atoms with Crippen molar-refractivity contribution in [1.29, 1.82) is 0 Å². The molecular formula is C15H20ClFN4O2. The highest BCUT2D eigenvalue weighted by molar-refractivity contribution is 5.85. The van der Waals surface area contributed by atoms with E-state index in [4.69, 9.17) is 0 Å². The molecule has 8 heteroatoms. The highest BCUT2D eigenvalue weighted by Crippen LogP contribution is 2.16. The van der Waals surface area contributed by atoms with Crippen LogP contribution in [0.2, 0.25) is 0 Å². The van der Waals surface area contributed by atoms with Crippen molar-refractivity contribution in [3.8, 4) is 0 Å². The molecule has 126 valence electrons. The number of aromatic nitrogens is 2. The van der Waals surface area contributed by atoms with E-state index in [2.05, 4.69) is 15.7 Å². The Morgan fingerprint density at radius 1 is 1.43 bits per heavy atom. The summed E-state index contributed by atoms with van der Waals surface area (Å²) in [6.45, 7) is -0.0712. The Bertz CT molecular complexity index is 650. The number of halogens is 2. The number of amides is 1. The molecule has 0 aliphatic heterocycles. The molecule has 2 unspecified atom stereocenters. The molecule has 0 radical (unpaired) electrons. The molecular weight excluding hydrogens is 323 g/mol. The summed E-state index contributed by atoms with van der Waals surface area (Å²) in [6, 6.07) is 5.36. The minimum Gasteiger partial charge on any atom is -0.386 e. The van der Waals surface area contributed by atoms with Gasteiger partial charge in [-0.15, -0.1) is 12.4 Å². The molecule has 0 saturated carbocycles. The van der Waals surface area contributed by atoms with E-state index >= 15 is 0 Å². The number of rotatable bonds is 6. The van der Waals surface area contributed by atoms with Crippen molar-refractivity contribution >= 4 is 18.3 Å². The van der Waals surface area contributed by atoms with Gasteiger partial charge in [-0.05, 0) is 13.1 Å². The van der Waals surface area contributed by atoms with Gasteiger partial charge in [0.1, 0.15) is 11.9 Å². The van der Waals surface area contributed by atoms with Crippen molar-refractivity contribution in [2.24, 2.45) is 7.05 Å². The number of hydrogen-bond donors (Lipinski definition) is 3. The van der Waals surface area contributed by atoms with Crippen LogP contribution >= 0.6 is 12.4 Å². The lowest BCUT2D eigenvalue weighted by Gasteiger charge is -2.17. The summed E-state index contributed by atoms with van der Waals surface area (Å²) >= 11 is 0. The number of benzene rings is 1. The van der Waals surface area contributed by atoms with E-state index in [9.17, 15) is 14.3 Å². The minimum atomic E-state index is -1.10. The van der Waals surface area contributed by atoms with Crippen LogP contribution in [0, 0.1) is 5.82 Å². The van der Waals surface area contributed by atoms with Gasteiger partial charge in [-0.25, -0.2) is 4.39 Å². The third-order valence-corrected chi connectivity index (χ3v) is 3.34. The Balaban J connectivity index is 0.00000264. The second-order valence-corrected chi connectivity index (χ2v) is 4.95. The van der Waals surface area contributed by atoms with Gasteiger partial charge in [0.15, 0.2) is 0 Å². The number of nitrogens with one attached hydrogen (secondary N) is 2. The summed E-state index contributed by atoms with van der Waals surface area (Å²) in [5, 5.41) is 19.5. The molecule has 0 bridgehead atoms. The summed E-state index contributed by atoms with van der Waals surface area (Å²) < 4.78 is 15.2. The van der Waals surface area contributed by atoms with Gasteiger partial charge in [-0.2, -0.15) is 5.10 Å². The maximum absolute atomic E-state index is 13.6. The predicted octanol–water partition coefficient (Wildman–Crippen LogP) is 1.09. The minimum absolute atomic E-state index is 0. The number of aliphatic hydroxyl groups excluding tert-OH is 1. The molecule has 23 heavy (non-hydrogen) atoms. The fourth-order valence-electron chi connectivity index (χ4n) is 2.19. The molecule has 2 rings (SSSR count). The lowest BCUT2D eigenvalue weighted by molar-refractivity contribution is -0.123. The van der Waals surface area contributed by atoms with Crippen LogP contribution in [0.15, 0.2) is 36.7 Å². The maximum atomic E-state index is 13.6. The average Bonchev–Trinajstić information content (AvgIpc) is 2.92. The molecule has 1 aromatic heterocycles. The topological polar surface area (TPSA) is 79.2 Å². The molecule has 1 aromatic carbocycles. The van der Waals surface area contributed by atoms with Crippen LogP contribution in [-0.4, -0.2) is 34.4 Å². The summed E-state index contributed by atoms with van der Waals surface area (Å²) in [5.41, 5.74) is 0.869. The fraction of sp³-hybridized carbons (Fsp3) is 0.333. The van der Waals surface area contributed by atoms with Gasteiger partial charge in [-0.1, -0.05) is 18.2 Å². The van der Waals surface area contributed by atoms with Crippen molar-refractivity contribution in [2.45, 2.75) is 12.1 Å². The maximum Gasteiger partial charge on any atom is 0.241 e. The third kappa shape index (κ3) is 4.75. The van der Waals surface area contributed by atoms with E-state index < -0.39 is 18.0 Å². The zero-order chi connectivity index (χ0) is 16.1. The van der Waals surface area contributed by atoms with E-state index in [1.165, 1.54) is 12.1 Å². The van der Waals surface area contributed by atoms with E-state index in [-0.39, 0.29) is 30.4 Å². The second-order valence-electron chi connectivity index (χ2n) is 4.95. The Kier molecular flexibility index (Phi) is 7.15. The Hall–Kier alpha value is -1.96. The van der Waals surface area contributed by atoms with Crippen LogP contribution in [0.1, 0.15) is 23.3 Å². The summed E-state index contributed by atoms with van der Waals surface area (Å²) in [5.74, 6) is -0.812. The molecule has 0 aliphatic rings. The number of carbonyl (C=O) groups excluding carboxylic acids is 1. The third-order valence-electron chi connectivity index (χ3n) is 3.34. The predicted molar refractivity (Wildman–Crippen MR) is 86.6 cm³/mol. The highest BCUT2D eigenvalue weighted by Gasteiger charge is 2.21. The molecule has 1 heterocycles. The molecule has 0 aliphatic carbocycles. The lowest BCUT2D eigenvalue weighted by Crippen LogP contribution is -2.38. The van der Waals surface area contributed by atoms with E-state index in [1.54, 1.807) is 43.3 Å². The van der Waals surface area contributed by atoms with Crippen molar-refractivity contribution in [3.63, 3.8) is 0 Å². The van der Waals surface area contributed by atoms with Crippen LogP contribution in [0.3, 0.4) is 0 Å². The fourth-order valence-corrected chi connectivity index (χ4v) is 2.19. The van der Waals surface area contributed by atoms with Crippen molar-refractivity contribution < 1.29 is 14.3 Å². The van der Waals surface area contributed by atoms with Gasteiger partial charge < -0.3 is 15.7 Å². The number of aryl methyl sites for hydroxylation is 1. The molecule has 2 aromatic rings. The van der Waals surface area contributed by atoms with E-state index in [0.717, 1.165) is 0 Å². The monoisotopic (exact) mass is 342 g/mol. The van der Waals surface area contributed by atoms with Gasteiger partial charge in [0.05, 0.1) is 12.3 Å². The number of hydrogen-bond acceptors (Lipinski definition) is 4. The molecule has 1 amide bonds. The first-order valence-electron chi connectivity index (χ1n) is 6.89. The zero-order valence-corrected chi connectivity index (χ0v) is 13.7. The van der Waals surface area contributed by atoms with Gasteiger partial charge in [0.2, 0.25) is 5.91 Å². The Morgan fingerprint density at radius 2 is 2.13 bits per heavy atom. The SMILES string of the molecule is CNC(C(=O)NCC(O)c1ccccc1F)c1cnn(C)c1.Cl. The van der Waals surface area contributed by atoms with Gasteiger partial charge in [-0.3, -0.25) is 9.48 Å². The standard InChI is InChI=1S/C15H19FN4O2.ClH/c1-17-14(10-7-19-20(2)9-10)15(22)18-8-13(21)11-5-3-4-6-12(11)16;/h3-7,9,13-14,17,21H,8H2,1-2H3,(H,18,22);1H. The summed E-state index contributed by atoms with van der Waals surface area (Å²) in [4.78, 5) is 12.2.